The second kappa shape index (κ2) is 7.88. The van der Waals surface area contributed by atoms with Gasteiger partial charge in [0.1, 0.15) is 5.75 Å². The lowest BCUT2D eigenvalue weighted by Crippen LogP contribution is -2.15. The van der Waals surface area contributed by atoms with Crippen molar-refractivity contribution in [1.29, 1.82) is 0 Å². The fourth-order valence-electron chi connectivity index (χ4n) is 2.34. The largest absolute Gasteiger partial charge is 0.497 e. The van der Waals surface area contributed by atoms with Gasteiger partial charge in [0.15, 0.2) is 0 Å². The van der Waals surface area contributed by atoms with Crippen molar-refractivity contribution in [3.63, 3.8) is 0 Å². The molecule has 0 saturated carbocycles. The van der Waals surface area contributed by atoms with Gasteiger partial charge < -0.3 is 10.1 Å². The molecule has 8 heteroatoms. The van der Waals surface area contributed by atoms with E-state index in [-0.39, 0.29) is 16.1 Å². The maximum Gasteiger partial charge on any atom is 0.261 e. The van der Waals surface area contributed by atoms with E-state index in [0.717, 1.165) is 0 Å². The van der Waals surface area contributed by atoms with Gasteiger partial charge in [0, 0.05) is 18.0 Å². The number of rotatable bonds is 6. The highest BCUT2D eigenvalue weighted by molar-refractivity contribution is 7.92. The van der Waals surface area contributed by atoms with E-state index in [4.69, 9.17) is 4.74 Å². The number of hydrogen-bond acceptors (Lipinski definition) is 5. The molecule has 2 aromatic carbocycles. The quantitative estimate of drug-likeness (QED) is 0.681. The Balaban J connectivity index is 1.78. The molecule has 0 unspecified atom stereocenters. The molecular formula is C19H17N3O4S. The molecule has 0 aliphatic carbocycles. The number of aromatic nitrogens is 1. The molecule has 0 radical (unpaired) electrons. The highest BCUT2D eigenvalue weighted by Gasteiger charge is 2.15. The van der Waals surface area contributed by atoms with Crippen molar-refractivity contribution in [1.82, 2.24) is 4.98 Å². The zero-order chi connectivity index (χ0) is 19.3. The molecule has 0 bridgehead atoms. The number of sulfonamides is 1. The van der Waals surface area contributed by atoms with E-state index in [9.17, 15) is 13.2 Å². The first kappa shape index (κ1) is 18.4. The molecule has 0 aliphatic rings. The van der Waals surface area contributed by atoms with E-state index in [2.05, 4.69) is 15.0 Å². The van der Waals surface area contributed by atoms with Crippen molar-refractivity contribution in [2.24, 2.45) is 0 Å². The van der Waals surface area contributed by atoms with Crippen LogP contribution in [0.3, 0.4) is 0 Å². The summed E-state index contributed by atoms with van der Waals surface area (Å²) in [6, 6.07) is 16.3. The highest BCUT2D eigenvalue weighted by Crippen LogP contribution is 2.19. The van der Waals surface area contributed by atoms with Crippen LogP contribution in [0.1, 0.15) is 10.4 Å². The molecule has 0 spiro atoms. The fraction of sp³-hybridized carbons (Fsp3) is 0.0526. The third-order valence-corrected chi connectivity index (χ3v) is 5.03. The summed E-state index contributed by atoms with van der Waals surface area (Å²) in [5.74, 6) is 0.187. The van der Waals surface area contributed by atoms with Crippen molar-refractivity contribution in [3.8, 4) is 5.75 Å². The minimum absolute atomic E-state index is 0.122. The zero-order valence-electron chi connectivity index (χ0n) is 14.4. The lowest BCUT2D eigenvalue weighted by molar-refractivity contribution is 0.102. The summed E-state index contributed by atoms with van der Waals surface area (Å²) >= 11 is 0. The Bertz CT molecular complexity index is 1050. The summed E-state index contributed by atoms with van der Waals surface area (Å²) in [7, 11) is -2.23. The van der Waals surface area contributed by atoms with Gasteiger partial charge in [0.25, 0.3) is 15.9 Å². The number of carbonyl (C=O) groups is 1. The number of nitrogens with zero attached hydrogens (tertiary/aromatic N) is 1. The Morgan fingerprint density at radius 2 is 1.74 bits per heavy atom. The van der Waals surface area contributed by atoms with Crippen LogP contribution in [0.5, 0.6) is 5.75 Å². The summed E-state index contributed by atoms with van der Waals surface area (Å²) in [5, 5.41) is 2.72. The Kier molecular flexibility index (Phi) is 5.37. The molecule has 0 aliphatic heterocycles. The van der Waals surface area contributed by atoms with Crippen LogP contribution in [0.4, 0.5) is 11.4 Å². The van der Waals surface area contributed by atoms with Gasteiger partial charge in [-0.3, -0.25) is 14.5 Å². The standard InChI is InChI=1S/C19H17N3O4S/c1-26-17-7-5-6-15(11-17)21-19(23)14-10-16(13-20-12-14)22-27(24,25)18-8-3-2-4-9-18/h2-13,22H,1H3,(H,21,23). The van der Waals surface area contributed by atoms with Gasteiger partial charge >= 0.3 is 0 Å². The molecule has 1 aromatic heterocycles. The summed E-state index contributed by atoms with van der Waals surface area (Å²) in [6.07, 6.45) is 2.69. The summed E-state index contributed by atoms with van der Waals surface area (Å²) < 4.78 is 32.3. The van der Waals surface area contributed by atoms with Crippen LogP contribution >= 0.6 is 0 Å². The maximum atomic E-state index is 12.4. The van der Waals surface area contributed by atoms with E-state index in [0.29, 0.717) is 11.4 Å². The number of ether oxygens (including phenoxy) is 1. The predicted molar refractivity (Wildman–Crippen MR) is 102 cm³/mol. The molecule has 0 saturated heterocycles. The number of hydrogen-bond donors (Lipinski definition) is 2. The van der Waals surface area contributed by atoms with Crippen molar-refractivity contribution in [3.05, 3.63) is 78.6 Å². The van der Waals surface area contributed by atoms with Crippen LogP contribution < -0.4 is 14.8 Å². The topological polar surface area (TPSA) is 97.4 Å². The number of amides is 1. The third kappa shape index (κ3) is 4.62. The van der Waals surface area contributed by atoms with Gasteiger partial charge in [-0.1, -0.05) is 24.3 Å². The van der Waals surface area contributed by atoms with Gasteiger partial charge in [0.2, 0.25) is 0 Å². The second-order valence-corrected chi connectivity index (χ2v) is 7.25. The van der Waals surface area contributed by atoms with Crippen molar-refractivity contribution < 1.29 is 17.9 Å². The average molecular weight is 383 g/mol. The van der Waals surface area contributed by atoms with Gasteiger partial charge in [-0.25, -0.2) is 8.42 Å². The molecule has 0 atom stereocenters. The minimum atomic E-state index is -3.76. The van der Waals surface area contributed by atoms with Crippen LogP contribution in [0.25, 0.3) is 0 Å². The van der Waals surface area contributed by atoms with Crippen LogP contribution in [0, 0.1) is 0 Å². The number of methoxy groups -OCH3 is 1. The monoisotopic (exact) mass is 383 g/mol. The third-order valence-electron chi connectivity index (χ3n) is 3.63. The molecule has 2 N–H and O–H groups in total. The maximum absolute atomic E-state index is 12.4. The SMILES string of the molecule is COc1cccc(NC(=O)c2cncc(NS(=O)(=O)c3ccccc3)c2)c1. The summed E-state index contributed by atoms with van der Waals surface area (Å²) in [5.41, 5.74) is 0.956. The Morgan fingerprint density at radius 1 is 0.963 bits per heavy atom. The number of pyridine rings is 1. The minimum Gasteiger partial charge on any atom is -0.497 e. The zero-order valence-corrected chi connectivity index (χ0v) is 15.2. The average Bonchev–Trinajstić information content (AvgIpc) is 2.68. The first-order chi connectivity index (χ1) is 13.0. The molecule has 3 aromatic rings. The lowest BCUT2D eigenvalue weighted by atomic mass is 10.2. The van der Waals surface area contributed by atoms with Gasteiger partial charge in [0.05, 0.1) is 29.5 Å². The number of benzene rings is 2. The molecule has 1 amide bonds. The number of anilines is 2. The van der Waals surface area contributed by atoms with Crippen molar-refractivity contribution in [2.75, 3.05) is 17.1 Å². The van der Waals surface area contributed by atoms with Crippen LogP contribution in [0.2, 0.25) is 0 Å². The molecule has 138 valence electrons. The van der Waals surface area contributed by atoms with Crippen LogP contribution in [-0.2, 0) is 10.0 Å². The number of nitrogens with one attached hydrogen (secondary N) is 2. The normalized spacial score (nSPS) is 10.9. The van der Waals surface area contributed by atoms with E-state index in [1.807, 2.05) is 0 Å². The van der Waals surface area contributed by atoms with Crippen LogP contribution in [-0.4, -0.2) is 26.4 Å². The van der Waals surface area contributed by atoms with Gasteiger partial charge in [-0.05, 0) is 30.3 Å². The first-order valence-electron chi connectivity index (χ1n) is 7.96. The molecule has 7 nitrogen and oxygen atoms in total. The van der Waals surface area contributed by atoms with E-state index in [1.54, 1.807) is 42.5 Å². The molecule has 1 heterocycles. The predicted octanol–water partition coefficient (Wildman–Crippen LogP) is 3.14. The van der Waals surface area contributed by atoms with Crippen LogP contribution in [0.15, 0.2) is 78.0 Å². The second-order valence-electron chi connectivity index (χ2n) is 5.57. The number of carbonyl (C=O) groups excluding carboxylic acids is 1. The van der Waals surface area contributed by atoms with Crippen molar-refractivity contribution in [2.45, 2.75) is 4.90 Å². The Hall–Kier alpha value is -3.39. The smallest absolute Gasteiger partial charge is 0.261 e. The molecule has 27 heavy (non-hydrogen) atoms. The molecule has 0 fully saturated rings. The van der Waals surface area contributed by atoms with E-state index < -0.39 is 15.9 Å². The highest BCUT2D eigenvalue weighted by atomic mass is 32.2. The Labute approximate surface area is 157 Å². The van der Waals surface area contributed by atoms with Gasteiger partial charge in [-0.15, -0.1) is 0 Å². The van der Waals surface area contributed by atoms with Gasteiger partial charge in [-0.2, -0.15) is 0 Å². The summed E-state index contributed by atoms with van der Waals surface area (Å²) in [6.45, 7) is 0. The van der Waals surface area contributed by atoms with E-state index in [1.165, 1.54) is 37.7 Å². The summed E-state index contributed by atoms with van der Waals surface area (Å²) in [4.78, 5) is 16.5. The first-order valence-corrected chi connectivity index (χ1v) is 9.44. The van der Waals surface area contributed by atoms with E-state index >= 15 is 0 Å². The molecule has 3 rings (SSSR count). The Morgan fingerprint density at radius 3 is 2.48 bits per heavy atom. The fourth-order valence-corrected chi connectivity index (χ4v) is 3.39. The van der Waals surface area contributed by atoms with Crippen molar-refractivity contribution >= 4 is 27.3 Å². The molecular weight excluding hydrogens is 366 g/mol. The lowest BCUT2D eigenvalue weighted by Gasteiger charge is -2.10.